The summed E-state index contributed by atoms with van der Waals surface area (Å²) >= 11 is 1.27. The van der Waals surface area contributed by atoms with Crippen LogP contribution in [0.3, 0.4) is 0 Å². The van der Waals surface area contributed by atoms with Crippen molar-refractivity contribution < 1.29 is 4.79 Å². The van der Waals surface area contributed by atoms with Gasteiger partial charge in [0.15, 0.2) is 5.82 Å². The summed E-state index contributed by atoms with van der Waals surface area (Å²) in [6.07, 6.45) is 6.86. The molecule has 1 aromatic carbocycles. The topological polar surface area (TPSA) is 82.2 Å². The summed E-state index contributed by atoms with van der Waals surface area (Å²) in [6.45, 7) is 1.51. The van der Waals surface area contributed by atoms with E-state index in [1.807, 2.05) is 24.3 Å². The lowest BCUT2D eigenvalue weighted by molar-refractivity contribution is 0.0941. The van der Waals surface area contributed by atoms with Crippen LogP contribution in [0.2, 0.25) is 0 Å². The number of carbonyl (C=O) groups excluding carboxylic acids is 1. The Labute approximate surface area is 162 Å². The predicted octanol–water partition coefficient (Wildman–Crippen LogP) is 2.38. The van der Waals surface area contributed by atoms with Crippen molar-refractivity contribution >= 4 is 39.2 Å². The number of hydrogen-bond donors (Lipinski definition) is 0. The number of nitrogens with zero attached hydrogens (tertiary/aromatic N) is 5. The van der Waals surface area contributed by atoms with Crippen molar-refractivity contribution in [3.63, 3.8) is 0 Å². The SMILES string of the molecule is CC(=O)n1cc(/C=c2\sc3nc(-c4ccncc4)nn3c2=O)c2ccccc21. The number of para-hydroxylation sites is 1. The van der Waals surface area contributed by atoms with Gasteiger partial charge in [-0.3, -0.25) is 19.1 Å². The Balaban J connectivity index is 1.68. The van der Waals surface area contributed by atoms with Gasteiger partial charge in [0.2, 0.25) is 10.9 Å². The van der Waals surface area contributed by atoms with Gasteiger partial charge in [0.25, 0.3) is 5.56 Å². The lowest BCUT2D eigenvalue weighted by Crippen LogP contribution is -2.23. The van der Waals surface area contributed by atoms with Gasteiger partial charge < -0.3 is 0 Å². The van der Waals surface area contributed by atoms with Crippen molar-refractivity contribution in [2.24, 2.45) is 0 Å². The minimum absolute atomic E-state index is 0.0807. The zero-order chi connectivity index (χ0) is 19.3. The molecule has 0 saturated heterocycles. The van der Waals surface area contributed by atoms with E-state index in [9.17, 15) is 9.59 Å². The second-order valence-electron chi connectivity index (χ2n) is 6.27. The van der Waals surface area contributed by atoms with Crippen molar-refractivity contribution in [1.29, 1.82) is 0 Å². The number of fused-ring (bicyclic) bond motifs is 2. The molecule has 5 rings (SSSR count). The van der Waals surface area contributed by atoms with Crippen LogP contribution in [0, 0.1) is 0 Å². The van der Waals surface area contributed by atoms with Gasteiger partial charge in [0.05, 0.1) is 10.0 Å². The molecule has 8 heteroatoms. The highest BCUT2D eigenvalue weighted by atomic mass is 32.1. The summed E-state index contributed by atoms with van der Waals surface area (Å²) in [5.74, 6) is 0.410. The highest BCUT2D eigenvalue weighted by molar-refractivity contribution is 7.15. The highest BCUT2D eigenvalue weighted by Gasteiger charge is 2.13. The van der Waals surface area contributed by atoms with E-state index < -0.39 is 0 Å². The average Bonchev–Trinajstić information content (AvgIpc) is 3.37. The monoisotopic (exact) mass is 387 g/mol. The number of pyridine rings is 1. The minimum Gasteiger partial charge on any atom is -0.287 e. The molecule has 0 amide bonds. The Hall–Kier alpha value is -3.65. The van der Waals surface area contributed by atoms with Crippen molar-refractivity contribution in [2.45, 2.75) is 6.92 Å². The maximum absolute atomic E-state index is 12.8. The average molecular weight is 387 g/mol. The second kappa shape index (κ2) is 6.21. The molecule has 0 saturated carbocycles. The number of benzene rings is 1. The molecule has 28 heavy (non-hydrogen) atoms. The second-order valence-corrected chi connectivity index (χ2v) is 7.28. The van der Waals surface area contributed by atoms with E-state index in [0.717, 1.165) is 22.0 Å². The molecule has 0 radical (unpaired) electrons. The van der Waals surface area contributed by atoms with E-state index in [-0.39, 0.29) is 11.5 Å². The summed E-state index contributed by atoms with van der Waals surface area (Å²) in [5, 5.41) is 5.25. The number of hydrogen-bond acceptors (Lipinski definition) is 6. The lowest BCUT2D eigenvalue weighted by Gasteiger charge is -1.96. The summed E-state index contributed by atoms with van der Waals surface area (Å²) < 4.78 is 3.42. The summed E-state index contributed by atoms with van der Waals surface area (Å²) in [7, 11) is 0. The van der Waals surface area contributed by atoms with Crippen molar-refractivity contribution in [1.82, 2.24) is 24.1 Å². The maximum atomic E-state index is 12.8. The van der Waals surface area contributed by atoms with Crippen molar-refractivity contribution in [2.75, 3.05) is 0 Å². The Kier molecular flexibility index (Phi) is 3.66. The van der Waals surface area contributed by atoms with Crippen LogP contribution in [0.5, 0.6) is 0 Å². The van der Waals surface area contributed by atoms with Crippen LogP contribution in [-0.4, -0.2) is 30.1 Å². The molecular formula is C20H13N5O2S. The first-order chi connectivity index (χ1) is 13.6. The maximum Gasteiger partial charge on any atom is 0.291 e. The van der Waals surface area contributed by atoms with Gasteiger partial charge in [-0.1, -0.05) is 29.5 Å². The smallest absolute Gasteiger partial charge is 0.287 e. The van der Waals surface area contributed by atoms with Gasteiger partial charge in [-0.05, 0) is 24.3 Å². The molecule has 0 atom stereocenters. The molecule has 0 spiro atoms. The van der Waals surface area contributed by atoms with Crippen LogP contribution in [0.1, 0.15) is 17.3 Å². The third-order valence-corrected chi connectivity index (χ3v) is 5.45. The molecule has 0 N–H and O–H groups in total. The van der Waals surface area contributed by atoms with Gasteiger partial charge >= 0.3 is 0 Å². The summed E-state index contributed by atoms with van der Waals surface area (Å²) in [6, 6.07) is 11.2. The Morgan fingerprint density at radius 3 is 2.68 bits per heavy atom. The molecule has 7 nitrogen and oxygen atoms in total. The van der Waals surface area contributed by atoms with Gasteiger partial charge in [0, 0.05) is 42.0 Å². The molecule has 0 bridgehead atoms. The van der Waals surface area contributed by atoms with Crippen LogP contribution in [0.4, 0.5) is 0 Å². The molecule has 0 aliphatic carbocycles. The normalized spacial score (nSPS) is 12.2. The van der Waals surface area contributed by atoms with E-state index in [2.05, 4.69) is 15.1 Å². The van der Waals surface area contributed by atoms with Crippen LogP contribution < -0.4 is 10.1 Å². The lowest BCUT2D eigenvalue weighted by atomic mass is 10.2. The first kappa shape index (κ1) is 16.5. The molecule has 136 valence electrons. The Morgan fingerprint density at radius 1 is 1.14 bits per heavy atom. The largest absolute Gasteiger partial charge is 0.291 e. The molecule has 0 unspecified atom stereocenters. The quantitative estimate of drug-likeness (QED) is 0.464. The summed E-state index contributed by atoms with van der Waals surface area (Å²) in [4.78, 5) is 33.7. The molecule has 0 aliphatic heterocycles. The molecule has 5 aromatic rings. The van der Waals surface area contributed by atoms with Crippen molar-refractivity contribution in [3.05, 3.63) is 75.4 Å². The molecule has 0 aliphatic rings. The zero-order valence-corrected chi connectivity index (χ0v) is 15.6. The van der Waals surface area contributed by atoms with Crippen LogP contribution in [0.15, 0.2) is 59.8 Å². The fraction of sp³-hybridized carbons (Fsp3) is 0.0500. The first-order valence-electron chi connectivity index (χ1n) is 8.54. The van der Waals surface area contributed by atoms with Gasteiger partial charge in [-0.2, -0.15) is 9.50 Å². The van der Waals surface area contributed by atoms with Gasteiger partial charge in [0.1, 0.15) is 0 Å². The highest BCUT2D eigenvalue weighted by Crippen LogP contribution is 2.22. The van der Waals surface area contributed by atoms with Crippen LogP contribution in [0.25, 0.3) is 33.3 Å². The van der Waals surface area contributed by atoms with Gasteiger partial charge in [-0.25, -0.2) is 0 Å². The first-order valence-corrected chi connectivity index (χ1v) is 9.36. The number of aromatic nitrogens is 5. The van der Waals surface area contributed by atoms with E-state index in [0.29, 0.717) is 15.3 Å². The molecule has 0 fully saturated rings. The number of thiazole rings is 1. The standard InChI is InChI=1S/C20H13N5O2S/c1-12(26)24-11-14(15-4-2-3-5-16(15)24)10-17-19(27)25-20(28-17)22-18(23-25)13-6-8-21-9-7-13/h2-11H,1H3/b17-10-. The Bertz CT molecular complexity index is 1460. The molecule has 4 heterocycles. The molecule has 4 aromatic heterocycles. The minimum atomic E-state index is -0.229. The third-order valence-electron chi connectivity index (χ3n) is 4.49. The number of rotatable bonds is 2. The zero-order valence-electron chi connectivity index (χ0n) is 14.7. The fourth-order valence-electron chi connectivity index (χ4n) is 3.18. The van der Waals surface area contributed by atoms with Gasteiger partial charge in [-0.15, -0.1) is 5.10 Å². The van der Waals surface area contributed by atoms with E-state index in [1.54, 1.807) is 41.4 Å². The predicted molar refractivity (Wildman–Crippen MR) is 107 cm³/mol. The number of carbonyl (C=O) groups is 1. The third kappa shape index (κ3) is 2.54. The van der Waals surface area contributed by atoms with E-state index in [4.69, 9.17) is 0 Å². The van der Waals surface area contributed by atoms with E-state index >= 15 is 0 Å². The van der Waals surface area contributed by atoms with Crippen molar-refractivity contribution in [3.8, 4) is 11.4 Å². The molecular weight excluding hydrogens is 374 g/mol. The van der Waals surface area contributed by atoms with E-state index in [1.165, 1.54) is 22.8 Å². The van der Waals surface area contributed by atoms with Crippen LogP contribution >= 0.6 is 11.3 Å². The summed E-state index contributed by atoms with van der Waals surface area (Å²) in [5.41, 5.74) is 2.20. The van der Waals surface area contributed by atoms with Crippen LogP contribution in [-0.2, 0) is 0 Å². The fourth-order valence-corrected chi connectivity index (χ4v) is 4.08. The Morgan fingerprint density at radius 2 is 1.93 bits per heavy atom.